The fourth-order valence-corrected chi connectivity index (χ4v) is 2.82. The van der Waals surface area contributed by atoms with Crippen molar-refractivity contribution in [3.63, 3.8) is 0 Å². The van der Waals surface area contributed by atoms with Crippen molar-refractivity contribution in [1.29, 1.82) is 0 Å². The van der Waals surface area contributed by atoms with Gasteiger partial charge in [-0.15, -0.1) is 0 Å². The largest absolute Gasteiger partial charge is 0.396 e. The molecule has 2 rings (SSSR count). The van der Waals surface area contributed by atoms with Gasteiger partial charge in [-0.3, -0.25) is 4.79 Å². The standard InChI is InChI=1S/C17H26N2O2/c1-17(2,8-5-9-20)12-19-16(21)10-13-11-18-15-7-4-3-6-14(13)15/h3-4,6-7,13,18,20H,5,8-12H2,1-2H3,(H,19,21). The lowest BCUT2D eigenvalue weighted by atomic mass is 9.87. The molecule has 1 aromatic carbocycles. The number of aliphatic hydroxyl groups is 1. The van der Waals surface area contributed by atoms with Crippen LogP contribution in [0.1, 0.15) is 44.6 Å². The van der Waals surface area contributed by atoms with Gasteiger partial charge in [0.1, 0.15) is 0 Å². The van der Waals surface area contributed by atoms with Crippen LogP contribution in [-0.4, -0.2) is 30.7 Å². The van der Waals surface area contributed by atoms with Crippen molar-refractivity contribution in [3.05, 3.63) is 29.8 Å². The van der Waals surface area contributed by atoms with Crippen LogP contribution in [0.4, 0.5) is 5.69 Å². The molecule has 0 bridgehead atoms. The van der Waals surface area contributed by atoms with Gasteiger partial charge in [0, 0.05) is 37.7 Å². The number of nitrogens with one attached hydrogen (secondary N) is 2. The van der Waals surface area contributed by atoms with Crippen molar-refractivity contribution >= 4 is 11.6 Å². The lowest BCUT2D eigenvalue weighted by Gasteiger charge is -2.25. The second kappa shape index (κ2) is 6.94. The van der Waals surface area contributed by atoms with E-state index < -0.39 is 0 Å². The van der Waals surface area contributed by atoms with Gasteiger partial charge >= 0.3 is 0 Å². The number of carbonyl (C=O) groups excluding carboxylic acids is 1. The van der Waals surface area contributed by atoms with Crippen molar-refractivity contribution < 1.29 is 9.90 Å². The average molecular weight is 290 g/mol. The minimum atomic E-state index is 0.0320. The van der Waals surface area contributed by atoms with Gasteiger partial charge in [0.15, 0.2) is 0 Å². The molecule has 0 radical (unpaired) electrons. The first-order chi connectivity index (χ1) is 10.0. The van der Waals surface area contributed by atoms with Crippen LogP contribution in [-0.2, 0) is 4.79 Å². The molecule has 4 heteroatoms. The van der Waals surface area contributed by atoms with Crippen LogP contribution in [0.15, 0.2) is 24.3 Å². The van der Waals surface area contributed by atoms with Crippen LogP contribution in [0, 0.1) is 5.41 Å². The van der Waals surface area contributed by atoms with E-state index in [-0.39, 0.29) is 23.8 Å². The number of anilines is 1. The summed E-state index contributed by atoms with van der Waals surface area (Å²) in [5.41, 5.74) is 2.43. The van der Waals surface area contributed by atoms with Gasteiger partial charge in [-0.05, 0) is 29.9 Å². The summed E-state index contributed by atoms with van der Waals surface area (Å²) in [6, 6.07) is 8.19. The molecule has 0 aliphatic carbocycles. The number of carbonyl (C=O) groups is 1. The third-order valence-electron chi connectivity index (χ3n) is 4.15. The first-order valence-electron chi connectivity index (χ1n) is 7.72. The van der Waals surface area contributed by atoms with E-state index in [0.717, 1.165) is 25.1 Å². The van der Waals surface area contributed by atoms with Gasteiger partial charge in [0.05, 0.1) is 0 Å². The number of hydrogen-bond donors (Lipinski definition) is 3. The summed E-state index contributed by atoms with van der Waals surface area (Å²) < 4.78 is 0. The van der Waals surface area contributed by atoms with Crippen molar-refractivity contribution in [2.45, 2.75) is 39.0 Å². The molecule has 4 nitrogen and oxygen atoms in total. The molecule has 0 saturated carbocycles. The van der Waals surface area contributed by atoms with E-state index in [2.05, 4.69) is 36.6 Å². The smallest absolute Gasteiger partial charge is 0.220 e. The van der Waals surface area contributed by atoms with E-state index in [1.807, 2.05) is 12.1 Å². The van der Waals surface area contributed by atoms with E-state index in [9.17, 15) is 4.79 Å². The van der Waals surface area contributed by atoms with E-state index in [1.165, 1.54) is 5.56 Å². The second-order valence-electron chi connectivity index (χ2n) is 6.64. The minimum absolute atomic E-state index is 0.0320. The van der Waals surface area contributed by atoms with Crippen LogP contribution in [0.2, 0.25) is 0 Å². The number of fused-ring (bicyclic) bond motifs is 1. The SMILES string of the molecule is CC(C)(CCCO)CNC(=O)CC1CNc2ccccc21. The van der Waals surface area contributed by atoms with Crippen LogP contribution in [0.3, 0.4) is 0 Å². The molecule has 1 heterocycles. The van der Waals surface area contributed by atoms with E-state index >= 15 is 0 Å². The van der Waals surface area contributed by atoms with E-state index in [0.29, 0.717) is 13.0 Å². The average Bonchev–Trinajstić information content (AvgIpc) is 2.87. The quantitative estimate of drug-likeness (QED) is 0.723. The third-order valence-corrected chi connectivity index (χ3v) is 4.15. The molecule has 3 N–H and O–H groups in total. The van der Waals surface area contributed by atoms with Gasteiger partial charge < -0.3 is 15.7 Å². The highest BCUT2D eigenvalue weighted by Gasteiger charge is 2.25. The lowest BCUT2D eigenvalue weighted by Crippen LogP contribution is -2.35. The van der Waals surface area contributed by atoms with Crippen LogP contribution >= 0.6 is 0 Å². The summed E-state index contributed by atoms with van der Waals surface area (Å²) in [5.74, 6) is 0.373. The Morgan fingerprint density at radius 1 is 1.43 bits per heavy atom. The van der Waals surface area contributed by atoms with Crippen LogP contribution in [0.25, 0.3) is 0 Å². The molecule has 0 spiro atoms. The van der Waals surface area contributed by atoms with E-state index in [4.69, 9.17) is 5.11 Å². The highest BCUT2D eigenvalue weighted by atomic mass is 16.2. The normalized spacial score (nSPS) is 17.2. The number of para-hydroxylation sites is 1. The Kier molecular flexibility index (Phi) is 5.23. The Hall–Kier alpha value is -1.55. The predicted molar refractivity (Wildman–Crippen MR) is 85.4 cm³/mol. The minimum Gasteiger partial charge on any atom is -0.396 e. The number of benzene rings is 1. The molecule has 1 aliphatic heterocycles. The Labute approximate surface area is 126 Å². The van der Waals surface area contributed by atoms with E-state index in [1.54, 1.807) is 0 Å². The van der Waals surface area contributed by atoms with Crippen molar-refractivity contribution in [2.24, 2.45) is 5.41 Å². The number of amides is 1. The molecule has 0 aromatic heterocycles. The third kappa shape index (κ3) is 4.46. The fraction of sp³-hybridized carbons (Fsp3) is 0.588. The highest BCUT2D eigenvalue weighted by molar-refractivity contribution is 5.78. The molecule has 1 amide bonds. The zero-order chi connectivity index (χ0) is 15.3. The van der Waals surface area contributed by atoms with Crippen molar-refractivity contribution in [1.82, 2.24) is 5.32 Å². The summed E-state index contributed by atoms with van der Waals surface area (Å²) in [5, 5.41) is 15.3. The summed E-state index contributed by atoms with van der Waals surface area (Å²) in [6.07, 6.45) is 2.22. The molecule has 21 heavy (non-hydrogen) atoms. The maximum Gasteiger partial charge on any atom is 0.220 e. The molecular weight excluding hydrogens is 264 g/mol. The summed E-state index contributed by atoms with van der Waals surface area (Å²) >= 11 is 0. The summed E-state index contributed by atoms with van der Waals surface area (Å²) in [6.45, 7) is 5.95. The van der Waals surface area contributed by atoms with Gasteiger partial charge in [-0.2, -0.15) is 0 Å². The topological polar surface area (TPSA) is 61.4 Å². The first-order valence-corrected chi connectivity index (χ1v) is 7.72. The van der Waals surface area contributed by atoms with Gasteiger partial charge in [0.2, 0.25) is 5.91 Å². The number of hydrogen-bond acceptors (Lipinski definition) is 3. The summed E-state index contributed by atoms with van der Waals surface area (Å²) in [7, 11) is 0. The highest BCUT2D eigenvalue weighted by Crippen LogP contribution is 2.33. The fourth-order valence-electron chi connectivity index (χ4n) is 2.82. The predicted octanol–water partition coefficient (Wildman–Crippen LogP) is 2.50. The van der Waals surface area contributed by atoms with Crippen molar-refractivity contribution in [2.75, 3.05) is 25.0 Å². The summed E-state index contributed by atoms with van der Waals surface area (Å²) in [4.78, 5) is 12.1. The first kappa shape index (κ1) is 15.8. The zero-order valence-corrected chi connectivity index (χ0v) is 13.0. The Bertz CT molecular complexity index is 485. The molecule has 1 unspecified atom stereocenters. The Balaban J connectivity index is 1.81. The maximum absolute atomic E-state index is 12.1. The molecule has 1 aliphatic rings. The Morgan fingerprint density at radius 3 is 2.95 bits per heavy atom. The van der Waals surface area contributed by atoms with Gasteiger partial charge in [-0.25, -0.2) is 0 Å². The van der Waals surface area contributed by atoms with Gasteiger partial charge in [0.25, 0.3) is 0 Å². The zero-order valence-electron chi connectivity index (χ0n) is 13.0. The lowest BCUT2D eigenvalue weighted by molar-refractivity contribution is -0.121. The van der Waals surface area contributed by atoms with Crippen LogP contribution < -0.4 is 10.6 Å². The van der Waals surface area contributed by atoms with Crippen molar-refractivity contribution in [3.8, 4) is 0 Å². The van der Waals surface area contributed by atoms with Gasteiger partial charge in [-0.1, -0.05) is 32.0 Å². The Morgan fingerprint density at radius 2 is 2.19 bits per heavy atom. The molecule has 0 fully saturated rings. The maximum atomic E-state index is 12.1. The second-order valence-corrected chi connectivity index (χ2v) is 6.64. The van der Waals surface area contributed by atoms with Crippen LogP contribution in [0.5, 0.6) is 0 Å². The molecular formula is C17H26N2O2. The number of aliphatic hydroxyl groups excluding tert-OH is 1. The molecule has 116 valence electrons. The monoisotopic (exact) mass is 290 g/mol. The molecule has 1 aromatic rings. The number of rotatable bonds is 7. The molecule has 1 atom stereocenters. The molecule has 0 saturated heterocycles.